The number of rotatable bonds is 5. The van der Waals surface area contributed by atoms with E-state index in [0.717, 1.165) is 25.1 Å². The van der Waals surface area contributed by atoms with Crippen LogP contribution in [0.5, 0.6) is 0 Å². The van der Waals surface area contributed by atoms with Crippen LogP contribution in [-0.2, 0) is 20.7 Å². The Morgan fingerprint density at radius 3 is 3.05 bits per heavy atom. The maximum Gasteiger partial charge on any atom is 0.310 e. The number of esters is 1. The van der Waals surface area contributed by atoms with Crippen LogP contribution in [0, 0.1) is 5.92 Å². The Balaban J connectivity index is 1.81. The molecule has 0 aliphatic carbocycles. The molecular formula is C15H21NO4. The van der Waals surface area contributed by atoms with E-state index in [2.05, 4.69) is 0 Å². The SMILES string of the molecule is CCOC(=O)C1CCCN(C(=O)CCc2ccco2)C1. The van der Waals surface area contributed by atoms with Crippen molar-refractivity contribution in [2.24, 2.45) is 5.92 Å². The molecule has 1 atom stereocenters. The van der Waals surface area contributed by atoms with E-state index in [0.29, 0.717) is 26.0 Å². The Labute approximate surface area is 118 Å². The topological polar surface area (TPSA) is 59.8 Å². The average molecular weight is 279 g/mol. The number of ether oxygens (including phenoxy) is 1. The number of aryl methyl sites for hydroxylation is 1. The first kappa shape index (κ1) is 14.6. The number of hydrogen-bond acceptors (Lipinski definition) is 4. The van der Waals surface area contributed by atoms with E-state index in [1.807, 2.05) is 12.1 Å². The number of amides is 1. The van der Waals surface area contributed by atoms with Crippen LogP contribution < -0.4 is 0 Å². The monoisotopic (exact) mass is 279 g/mol. The molecule has 5 nitrogen and oxygen atoms in total. The molecule has 20 heavy (non-hydrogen) atoms. The average Bonchev–Trinajstić information content (AvgIpc) is 2.98. The molecule has 1 aliphatic heterocycles. The van der Waals surface area contributed by atoms with E-state index >= 15 is 0 Å². The van der Waals surface area contributed by atoms with Gasteiger partial charge in [-0.15, -0.1) is 0 Å². The zero-order chi connectivity index (χ0) is 14.4. The van der Waals surface area contributed by atoms with E-state index in [1.54, 1.807) is 18.1 Å². The lowest BCUT2D eigenvalue weighted by Gasteiger charge is -2.31. The van der Waals surface area contributed by atoms with Gasteiger partial charge in [0.15, 0.2) is 0 Å². The summed E-state index contributed by atoms with van der Waals surface area (Å²) in [6, 6.07) is 3.68. The number of piperidine rings is 1. The van der Waals surface area contributed by atoms with Gasteiger partial charge in [0, 0.05) is 25.9 Å². The van der Waals surface area contributed by atoms with Gasteiger partial charge in [0.1, 0.15) is 5.76 Å². The van der Waals surface area contributed by atoms with Gasteiger partial charge >= 0.3 is 5.97 Å². The van der Waals surface area contributed by atoms with Crippen LogP contribution >= 0.6 is 0 Å². The van der Waals surface area contributed by atoms with Crippen molar-refractivity contribution in [1.82, 2.24) is 4.90 Å². The third-order valence-electron chi connectivity index (χ3n) is 3.56. The van der Waals surface area contributed by atoms with E-state index in [4.69, 9.17) is 9.15 Å². The number of likely N-dealkylation sites (tertiary alicyclic amines) is 1. The standard InChI is InChI=1S/C15H21NO4/c1-2-19-15(18)12-5-3-9-16(11-12)14(17)8-7-13-6-4-10-20-13/h4,6,10,12H,2-3,5,7-9,11H2,1H3. The molecule has 0 N–H and O–H groups in total. The first-order valence-electron chi connectivity index (χ1n) is 7.17. The zero-order valence-electron chi connectivity index (χ0n) is 11.8. The maximum absolute atomic E-state index is 12.2. The van der Waals surface area contributed by atoms with Crippen molar-refractivity contribution < 1.29 is 18.7 Å². The summed E-state index contributed by atoms with van der Waals surface area (Å²) in [5.41, 5.74) is 0. The molecular weight excluding hydrogens is 258 g/mol. The minimum atomic E-state index is -0.184. The van der Waals surface area contributed by atoms with Crippen molar-refractivity contribution in [3.8, 4) is 0 Å². The van der Waals surface area contributed by atoms with Gasteiger partial charge in [0.25, 0.3) is 0 Å². The van der Waals surface area contributed by atoms with Crippen LogP contribution in [0.25, 0.3) is 0 Å². The fourth-order valence-electron chi connectivity index (χ4n) is 2.50. The summed E-state index contributed by atoms with van der Waals surface area (Å²) in [5, 5.41) is 0. The molecule has 0 spiro atoms. The Hall–Kier alpha value is -1.78. The van der Waals surface area contributed by atoms with Gasteiger partial charge in [0.2, 0.25) is 5.91 Å². The van der Waals surface area contributed by atoms with Crippen molar-refractivity contribution in [1.29, 1.82) is 0 Å². The summed E-state index contributed by atoms with van der Waals surface area (Å²) in [6.45, 7) is 3.40. The molecule has 2 rings (SSSR count). The minimum absolute atomic E-state index is 0.0791. The fourth-order valence-corrected chi connectivity index (χ4v) is 2.50. The summed E-state index contributed by atoms with van der Waals surface area (Å²) in [4.78, 5) is 25.7. The highest BCUT2D eigenvalue weighted by atomic mass is 16.5. The lowest BCUT2D eigenvalue weighted by Crippen LogP contribution is -2.42. The highest BCUT2D eigenvalue weighted by Crippen LogP contribution is 2.19. The summed E-state index contributed by atoms with van der Waals surface area (Å²) >= 11 is 0. The lowest BCUT2D eigenvalue weighted by molar-refractivity contribution is -0.151. The first-order chi connectivity index (χ1) is 9.70. The molecule has 0 bridgehead atoms. The van der Waals surface area contributed by atoms with Crippen molar-refractivity contribution in [2.75, 3.05) is 19.7 Å². The van der Waals surface area contributed by atoms with Crippen LogP contribution in [0.3, 0.4) is 0 Å². The molecule has 1 amide bonds. The maximum atomic E-state index is 12.2. The van der Waals surface area contributed by atoms with Crippen molar-refractivity contribution >= 4 is 11.9 Å². The molecule has 1 saturated heterocycles. The first-order valence-corrected chi connectivity index (χ1v) is 7.17. The Bertz CT molecular complexity index is 441. The number of carbonyl (C=O) groups is 2. The summed E-state index contributed by atoms with van der Waals surface area (Å²) in [5.74, 6) is 0.542. The number of nitrogens with zero attached hydrogens (tertiary/aromatic N) is 1. The Morgan fingerprint density at radius 2 is 2.35 bits per heavy atom. The van der Waals surface area contributed by atoms with Gasteiger partial charge in [-0.05, 0) is 31.9 Å². The number of hydrogen-bond donors (Lipinski definition) is 0. The third-order valence-corrected chi connectivity index (χ3v) is 3.56. The van der Waals surface area contributed by atoms with E-state index in [9.17, 15) is 9.59 Å². The minimum Gasteiger partial charge on any atom is -0.469 e. The molecule has 1 aliphatic rings. The number of furan rings is 1. The van der Waals surface area contributed by atoms with Gasteiger partial charge in [0.05, 0.1) is 18.8 Å². The second-order valence-corrected chi connectivity index (χ2v) is 5.01. The van der Waals surface area contributed by atoms with Crippen molar-refractivity contribution in [2.45, 2.75) is 32.6 Å². The van der Waals surface area contributed by atoms with Gasteiger partial charge in [-0.25, -0.2) is 0 Å². The van der Waals surface area contributed by atoms with Crippen molar-refractivity contribution in [3.05, 3.63) is 24.2 Å². The largest absolute Gasteiger partial charge is 0.469 e. The zero-order valence-corrected chi connectivity index (χ0v) is 11.8. The van der Waals surface area contributed by atoms with Gasteiger partial charge in [-0.3, -0.25) is 9.59 Å². The van der Waals surface area contributed by atoms with Crippen LogP contribution in [0.1, 0.15) is 31.9 Å². The normalized spacial score (nSPS) is 18.9. The van der Waals surface area contributed by atoms with E-state index < -0.39 is 0 Å². The second-order valence-electron chi connectivity index (χ2n) is 5.01. The summed E-state index contributed by atoms with van der Waals surface area (Å²) in [6.07, 6.45) is 4.30. The molecule has 5 heteroatoms. The Kier molecular flexibility index (Phi) is 5.21. The highest BCUT2D eigenvalue weighted by molar-refractivity contribution is 5.78. The molecule has 1 unspecified atom stereocenters. The quantitative estimate of drug-likeness (QED) is 0.774. The van der Waals surface area contributed by atoms with E-state index in [1.165, 1.54) is 0 Å². The van der Waals surface area contributed by atoms with Crippen LogP contribution in [0.15, 0.2) is 22.8 Å². The smallest absolute Gasteiger partial charge is 0.310 e. The molecule has 0 saturated carbocycles. The molecule has 0 radical (unpaired) electrons. The predicted octanol–water partition coefficient (Wildman–Crippen LogP) is 2.01. The van der Waals surface area contributed by atoms with Gasteiger partial charge < -0.3 is 14.1 Å². The van der Waals surface area contributed by atoms with Crippen molar-refractivity contribution in [3.63, 3.8) is 0 Å². The van der Waals surface area contributed by atoms with Crippen LogP contribution in [0.2, 0.25) is 0 Å². The molecule has 0 aromatic carbocycles. The predicted molar refractivity (Wildman–Crippen MR) is 73.0 cm³/mol. The Morgan fingerprint density at radius 1 is 1.50 bits per heavy atom. The van der Waals surface area contributed by atoms with Crippen LogP contribution in [-0.4, -0.2) is 36.5 Å². The highest BCUT2D eigenvalue weighted by Gasteiger charge is 2.29. The van der Waals surface area contributed by atoms with Crippen LogP contribution in [0.4, 0.5) is 0 Å². The van der Waals surface area contributed by atoms with Gasteiger partial charge in [-0.2, -0.15) is 0 Å². The fraction of sp³-hybridized carbons (Fsp3) is 0.600. The van der Waals surface area contributed by atoms with Gasteiger partial charge in [-0.1, -0.05) is 0 Å². The summed E-state index contributed by atoms with van der Waals surface area (Å²) in [7, 11) is 0. The number of carbonyl (C=O) groups excluding carboxylic acids is 2. The second kappa shape index (κ2) is 7.12. The molecule has 1 aromatic rings. The molecule has 1 aromatic heterocycles. The lowest BCUT2D eigenvalue weighted by atomic mass is 9.98. The molecule has 2 heterocycles. The summed E-state index contributed by atoms with van der Waals surface area (Å²) < 4.78 is 10.3. The molecule has 110 valence electrons. The third kappa shape index (κ3) is 3.85. The van der Waals surface area contributed by atoms with E-state index in [-0.39, 0.29) is 17.8 Å². The molecule has 1 fully saturated rings.